The fourth-order valence-corrected chi connectivity index (χ4v) is 2.83. The number of nitrogens with one attached hydrogen (secondary N) is 1. The molecule has 110 valence electrons. The Hall–Kier alpha value is -2.03. The predicted molar refractivity (Wildman–Crippen MR) is 88.8 cm³/mol. The van der Waals surface area contributed by atoms with Gasteiger partial charge in [0.25, 0.3) is 0 Å². The number of nitrogens with zero attached hydrogens (tertiary/aromatic N) is 2. The van der Waals surface area contributed by atoms with Gasteiger partial charge in [0.15, 0.2) is 0 Å². The van der Waals surface area contributed by atoms with Crippen molar-refractivity contribution in [2.24, 2.45) is 0 Å². The first-order valence-electron chi connectivity index (χ1n) is 7.82. The Kier molecular flexibility index (Phi) is 4.39. The Labute approximate surface area is 127 Å². The molecule has 0 spiro atoms. The summed E-state index contributed by atoms with van der Waals surface area (Å²) in [6.07, 6.45) is 5.87. The van der Waals surface area contributed by atoms with E-state index >= 15 is 0 Å². The van der Waals surface area contributed by atoms with Gasteiger partial charge in [-0.25, -0.2) is 4.98 Å². The molecule has 0 amide bonds. The van der Waals surface area contributed by atoms with Gasteiger partial charge in [-0.15, -0.1) is 0 Å². The first kappa shape index (κ1) is 13.9. The van der Waals surface area contributed by atoms with Gasteiger partial charge in [0.05, 0.1) is 11.9 Å². The van der Waals surface area contributed by atoms with E-state index in [4.69, 9.17) is 0 Å². The third-order valence-corrected chi connectivity index (χ3v) is 4.01. The van der Waals surface area contributed by atoms with Crippen LogP contribution in [0.25, 0.3) is 0 Å². The lowest BCUT2D eigenvalue weighted by molar-refractivity contribution is 0.573. The molecule has 3 rings (SSSR count). The summed E-state index contributed by atoms with van der Waals surface area (Å²) >= 11 is 0. The fourth-order valence-electron chi connectivity index (χ4n) is 2.83. The fraction of sp³-hybridized carbons (Fsp3) is 0.389. The van der Waals surface area contributed by atoms with E-state index in [1.807, 2.05) is 6.20 Å². The molecule has 1 fully saturated rings. The minimum Gasteiger partial charge on any atom is -0.380 e. The minimum atomic E-state index is 0.840. The zero-order valence-corrected chi connectivity index (χ0v) is 12.7. The molecule has 21 heavy (non-hydrogen) atoms. The molecular formula is C18H23N3. The number of pyridine rings is 1. The smallest absolute Gasteiger partial charge is 0.128 e. The Morgan fingerprint density at radius 3 is 2.67 bits per heavy atom. The lowest BCUT2D eigenvalue weighted by Gasteiger charge is -2.27. The van der Waals surface area contributed by atoms with Crippen LogP contribution in [0.15, 0.2) is 42.6 Å². The number of piperidine rings is 1. The molecule has 0 bridgehead atoms. The van der Waals surface area contributed by atoms with Crippen LogP contribution in [0, 0.1) is 6.92 Å². The highest BCUT2D eigenvalue weighted by Crippen LogP contribution is 2.19. The van der Waals surface area contributed by atoms with Gasteiger partial charge < -0.3 is 10.2 Å². The molecular weight excluding hydrogens is 258 g/mol. The highest BCUT2D eigenvalue weighted by molar-refractivity contribution is 5.49. The van der Waals surface area contributed by atoms with Crippen LogP contribution in [-0.4, -0.2) is 18.1 Å². The third kappa shape index (κ3) is 3.75. The molecule has 1 aliphatic heterocycles. The van der Waals surface area contributed by atoms with Gasteiger partial charge in [-0.1, -0.05) is 29.8 Å². The van der Waals surface area contributed by atoms with Gasteiger partial charge in [0, 0.05) is 19.6 Å². The summed E-state index contributed by atoms with van der Waals surface area (Å²) in [6.45, 7) is 5.25. The van der Waals surface area contributed by atoms with Crippen molar-refractivity contribution in [1.82, 2.24) is 4.98 Å². The van der Waals surface area contributed by atoms with E-state index in [2.05, 4.69) is 58.5 Å². The second kappa shape index (κ2) is 6.61. The maximum atomic E-state index is 4.60. The highest BCUT2D eigenvalue weighted by Gasteiger charge is 2.11. The Morgan fingerprint density at radius 1 is 1.10 bits per heavy atom. The molecule has 2 heterocycles. The summed E-state index contributed by atoms with van der Waals surface area (Å²) in [5.74, 6) is 1.11. The van der Waals surface area contributed by atoms with Crippen LogP contribution in [0.3, 0.4) is 0 Å². The van der Waals surface area contributed by atoms with Crippen molar-refractivity contribution in [2.75, 3.05) is 23.3 Å². The van der Waals surface area contributed by atoms with Crippen LogP contribution in [0.4, 0.5) is 11.5 Å². The topological polar surface area (TPSA) is 28.2 Å². The maximum Gasteiger partial charge on any atom is 0.128 e. The quantitative estimate of drug-likeness (QED) is 0.918. The van der Waals surface area contributed by atoms with Crippen molar-refractivity contribution in [3.63, 3.8) is 0 Å². The summed E-state index contributed by atoms with van der Waals surface area (Å²) < 4.78 is 0. The van der Waals surface area contributed by atoms with Gasteiger partial charge in [-0.05, 0) is 43.9 Å². The average molecular weight is 281 g/mol. The molecule has 3 nitrogen and oxygen atoms in total. The van der Waals surface area contributed by atoms with Gasteiger partial charge >= 0.3 is 0 Å². The SMILES string of the molecule is Cc1cccc(CNc2ccc(N3CCCCC3)nc2)c1. The molecule has 0 atom stereocenters. The van der Waals surface area contributed by atoms with E-state index < -0.39 is 0 Å². The van der Waals surface area contributed by atoms with Crippen LogP contribution in [0.2, 0.25) is 0 Å². The largest absolute Gasteiger partial charge is 0.380 e. The standard InChI is InChI=1S/C18H23N3/c1-15-6-5-7-16(12-15)13-19-17-8-9-18(20-14-17)21-10-3-2-4-11-21/h5-9,12,14,19H,2-4,10-11,13H2,1H3. The van der Waals surface area contributed by atoms with Crippen molar-refractivity contribution in [2.45, 2.75) is 32.7 Å². The van der Waals surface area contributed by atoms with Crippen LogP contribution in [0.1, 0.15) is 30.4 Å². The van der Waals surface area contributed by atoms with Gasteiger partial charge in [0.1, 0.15) is 5.82 Å². The van der Waals surface area contributed by atoms with E-state index in [1.165, 1.54) is 30.4 Å². The van der Waals surface area contributed by atoms with Crippen LogP contribution in [-0.2, 0) is 6.54 Å². The van der Waals surface area contributed by atoms with Crippen LogP contribution in [0.5, 0.6) is 0 Å². The van der Waals surface area contributed by atoms with Gasteiger partial charge in [-0.2, -0.15) is 0 Å². The summed E-state index contributed by atoms with van der Waals surface area (Å²) in [7, 11) is 0. The summed E-state index contributed by atoms with van der Waals surface area (Å²) in [4.78, 5) is 6.98. The molecule has 2 aromatic rings. The molecule has 0 aliphatic carbocycles. The van der Waals surface area contributed by atoms with E-state index in [-0.39, 0.29) is 0 Å². The average Bonchev–Trinajstić information content (AvgIpc) is 2.54. The lowest BCUT2D eigenvalue weighted by atomic mass is 10.1. The van der Waals surface area contributed by atoms with E-state index in [1.54, 1.807) is 0 Å². The lowest BCUT2D eigenvalue weighted by Crippen LogP contribution is -2.30. The molecule has 0 radical (unpaired) electrons. The number of rotatable bonds is 4. The van der Waals surface area contributed by atoms with Crippen molar-refractivity contribution in [1.29, 1.82) is 0 Å². The molecule has 1 N–H and O–H groups in total. The number of hydrogen-bond acceptors (Lipinski definition) is 3. The molecule has 0 unspecified atom stereocenters. The minimum absolute atomic E-state index is 0.840. The monoisotopic (exact) mass is 281 g/mol. The maximum absolute atomic E-state index is 4.60. The normalized spacial score (nSPS) is 15.0. The first-order valence-corrected chi connectivity index (χ1v) is 7.82. The number of hydrogen-bond donors (Lipinski definition) is 1. The molecule has 1 aromatic carbocycles. The van der Waals surface area contributed by atoms with Crippen molar-refractivity contribution < 1.29 is 0 Å². The van der Waals surface area contributed by atoms with E-state index in [9.17, 15) is 0 Å². The number of anilines is 2. The molecule has 1 saturated heterocycles. The van der Waals surface area contributed by atoms with Crippen molar-refractivity contribution in [3.8, 4) is 0 Å². The molecule has 1 aromatic heterocycles. The molecule has 3 heteroatoms. The van der Waals surface area contributed by atoms with E-state index in [0.29, 0.717) is 0 Å². The summed E-state index contributed by atoms with van der Waals surface area (Å²) in [6, 6.07) is 12.8. The van der Waals surface area contributed by atoms with Crippen molar-refractivity contribution >= 4 is 11.5 Å². The van der Waals surface area contributed by atoms with Crippen molar-refractivity contribution in [3.05, 3.63) is 53.7 Å². The first-order chi connectivity index (χ1) is 10.3. The Morgan fingerprint density at radius 2 is 1.95 bits per heavy atom. The van der Waals surface area contributed by atoms with Gasteiger partial charge in [0.2, 0.25) is 0 Å². The van der Waals surface area contributed by atoms with Crippen LogP contribution >= 0.6 is 0 Å². The van der Waals surface area contributed by atoms with Gasteiger partial charge in [-0.3, -0.25) is 0 Å². The van der Waals surface area contributed by atoms with Crippen LogP contribution < -0.4 is 10.2 Å². The summed E-state index contributed by atoms with van der Waals surface area (Å²) in [5, 5.41) is 3.44. The molecule has 1 aliphatic rings. The number of benzene rings is 1. The zero-order valence-electron chi connectivity index (χ0n) is 12.7. The van der Waals surface area contributed by atoms with E-state index in [0.717, 1.165) is 31.1 Å². The number of aromatic nitrogens is 1. The number of aryl methyl sites for hydroxylation is 1. The predicted octanol–water partition coefficient (Wildman–Crippen LogP) is 3.99. The molecule has 0 saturated carbocycles. The highest BCUT2D eigenvalue weighted by atomic mass is 15.2. The second-order valence-corrected chi connectivity index (χ2v) is 5.80. The summed E-state index contributed by atoms with van der Waals surface area (Å²) in [5.41, 5.74) is 3.68. The third-order valence-electron chi connectivity index (χ3n) is 4.01. The Balaban J connectivity index is 1.59. The zero-order chi connectivity index (χ0) is 14.5. The Bertz CT molecular complexity index is 571. The second-order valence-electron chi connectivity index (χ2n) is 5.80.